The van der Waals surface area contributed by atoms with Crippen molar-refractivity contribution in [3.63, 3.8) is 0 Å². The van der Waals surface area contributed by atoms with Crippen LogP contribution in [-0.2, 0) is 15.8 Å². The molecule has 4 nitrogen and oxygen atoms in total. The molecule has 2 amide bonds. The van der Waals surface area contributed by atoms with Gasteiger partial charge in [0.25, 0.3) is 0 Å². The largest absolute Gasteiger partial charge is 0.416 e. The molecule has 0 aromatic heterocycles. The Labute approximate surface area is 205 Å². The molecule has 3 aromatic carbocycles. The van der Waals surface area contributed by atoms with Crippen LogP contribution in [0.25, 0.3) is 0 Å². The van der Waals surface area contributed by atoms with Gasteiger partial charge in [-0.1, -0.05) is 68.3 Å². The van der Waals surface area contributed by atoms with Crippen molar-refractivity contribution in [2.45, 2.75) is 12.1 Å². The predicted octanol–water partition coefficient (Wildman–Crippen LogP) is 6.55. The number of anilines is 2. The van der Waals surface area contributed by atoms with Crippen LogP contribution in [0.1, 0.15) is 28.2 Å². The van der Waals surface area contributed by atoms with E-state index < -0.39 is 11.7 Å². The Balaban J connectivity index is 1.98. The number of halogens is 5. The second-order valence-electron chi connectivity index (χ2n) is 7.16. The summed E-state index contributed by atoms with van der Waals surface area (Å²) in [7, 11) is 0. The maximum atomic E-state index is 13.0. The van der Waals surface area contributed by atoms with Gasteiger partial charge in [-0.25, -0.2) is 0 Å². The van der Waals surface area contributed by atoms with Crippen molar-refractivity contribution < 1.29 is 22.8 Å². The molecule has 0 fully saturated rings. The lowest BCUT2D eigenvalue weighted by molar-refractivity contribution is -0.137. The fourth-order valence-electron chi connectivity index (χ4n) is 3.35. The summed E-state index contributed by atoms with van der Waals surface area (Å²) in [4.78, 5) is 23.2. The molecule has 3 aromatic rings. The van der Waals surface area contributed by atoms with E-state index in [1.165, 1.54) is 12.1 Å². The van der Waals surface area contributed by atoms with Gasteiger partial charge in [0, 0.05) is 17.3 Å². The van der Waals surface area contributed by atoms with Crippen molar-refractivity contribution in [3.05, 3.63) is 95.1 Å². The average molecular weight is 584 g/mol. The number of amides is 2. The van der Waals surface area contributed by atoms with Crippen molar-refractivity contribution in [1.29, 1.82) is 0 Å². The molecule has 3 rings (SSSR count). The van der Waals surface area contributed by atoms with Crippen molar-refractivity contribution in [2.75, 3.05) is 21.3 Å². The van der Waals surface area contributed by atoms with Crippen LogP contribution in [0, 0.1) is 0 Å². The third-order valence-electron chi connectivity index (χ3n) is 4.87. The molecule has 0 aliphatic rings. The molecule has 0 aliphatic carbocycles. The second kappa shape index (κ2) is 11.0. The molecular formula is C24H19Br2F3N2O2. The Kier molecular flexibility index (Phi) is 8.31. The van der Waals surface area contributed by atoms with Gasteiger partial charge in [0.15, 0.2) is 0 Å². The molecule has 0 heterocycles. The summed E-state index contributed by atoms with van der Waals surface area (Å²) < 4.78 is 39.1. The minimum absolute atomic E-state index is 0.168. The fraction of sp³-hybridized carbons (Fsp3) is 0.167. The summed E-state index contributed by atoms with van der Waals surface area (Å²) in [6.07, 6.45) is -4.42. The van der Waals surface area contributed by atoms with Gasteiger partial charge in [0.2, 0.25) is 11.8 Å². The Morgan fingerprint density at radius 3 is 1.30 bits per heavy atom. The molecule has 33 heavy (non-hydrogen) atoms. The highest BCUT2D eigenvalue weighted by molar-refractivity contribution is 9.09. The average Bonchev–Trinajstić information content (AvgIpc) is 2.81. The van der Waals surface area contributed by atoms with E-state index in [9.17, 15) is 22.8 Å². The zero-order chi connectivity index (χ0) is 24.0. The standard InChI is InChI=1S/C24H19Br2F3N2O2/c25-13-21(32)30-19-9-3-16(4-10-19)23(15-1-7-18(8-2-15)24(27,28)29)17-5-11-20(12-6-17)31-22(33)14-26/h1-12,23H,13-14H2,(H,30,32)(H,31,33). The molecule has 0 radical (unpaired) electrons. The van der Waals surface area contributed by atoms with Crippen LogP contribution in [0.3, 0.4) is 0 Å². The Morgan fingerprint density at radius 2 is 1.00 bits per heavy atom. The molecule has 9 heteroatoms. The minimum Gasteiger partial charge on any atom is -0.325 e. The summed E-state index contributed by atoms with van der Waals surface area (Å²) in [5, 5.41) is 5.81. The quantitative estimate of drug-likeness (QED) is 0.245. The van der Waals surface area contributed by atoms with Crippen molar-refractivity contribution >= 4 is 55.0 Å². The third kappa shape index (κ3) is 6.68. The molecule has 0 bridgehead atoms. The number of hydrogen-bond acceptors (Lipinski definition) is 2. The third-order valence-corrected chi connectivity index (χ3v) is 5.89. The van der Waals surface area contributed by atoms with Gasteiger partial charge < -0.3 is 10.6 Å². The molecular weight excluding hydrogens is 565 g/mol. The molecule has 2 N–H and O–H groups in total. The summed E-state index contributed by atoms with van der Waals surface area (Å²) in [6.45, 7) is 0. The molecule has 0 aliphatic heterocycles. The molecule has 0 saturated carbocycles. The maximum Gasteiger partial charge on any atom is 0.416 e. The van der Waals surface area contributed by atoms with E-state index >= 15 is 0 Å². The van der Waals surface area contributed by atoms with Crippen LogP contribution >= 0.6 is 31.9 Å². The Bertz CT molecular complexity index is 1040. The lowest BCUT2D eigenvalue weighted by atomic mass is 9.84. The van der Waals surface area contributed by atoms with Crippen LogP contribution in [0.2, 0.25) is 0 Å². The summed E-state index contributed by atoms with van der Waals surface area (Å²) in [5.74, 6) is -0.736. The van der Waals surface area contributed by atoms with E-state index in [1.807, 2.05) is 24.3 Å². The van der Waals surface area contributed by atoms with Gasteiger partial charge in [-0.05, 0) is 53.1 Å². The number of hydrogen-bond donors (Lipinski definition) is 2. The maximum absolute atomic E-state index is 13.0. The Morgan fingerprint density at radius 1 is 0.667 bits per heavy atom. The highest BCUT2D eigenvalue weighted by Crippen LogP contribution is 2.35. The van der Waals surface area contributed by atoms with E-state index in [2.05, 4.69) is 42.5 Å². The molecule has 172 valence electrons. The number of rotatable bonds is 7. The van der Waals surface area contributed by atoms with Crippen molar-refractivity contribution in [3.8, 4) is 0 Å². The number of benzene rings is 3. The highest BCUT2D eigenvalue weighted by Gasteiger charge is 2.30. The topological polar surface area (TPSA) is 58.2 Å². The minimum atomic E-state index is -4.42. The van der Waals surface area contributed by atoms with E-state index in [0.29, 0.717) is 16.9 Å². The molecule has 0 saturated heterocycles. The van der Waals surface area contributed by atoms with Gasteiger partial charge in [0.05, 0.1) is 16.2 Å². The second-order valence-corrected chi connectivity index (χ2v) is 8.28. The van der Waals surface area contributed by atoms with Crippen LogP contribution in [0.5, 0.6) is 0 Å². The van der Waals surface area contributed by atoms with E-state index in [-0.39, 0.29) is 28.4 Å². The molecule has 0 atom stereocenters. The monoisotopic (exact) mass is 582 g/mol. The smallest absolute Gasteiger partial charge is 0.325 e. The number of carbonyl (C=O) groups is 2. The van der Waals surface area contributed by atoms with E-state index in [1.54, 1.807) is 24.3 Å². The predicted molar refractivity (Wildman–Crippen MR) is 130 cm³/mol. The fourth-order valence-corrected chi connectivity index (χ4v) is 3.63. The van der Waals surface area contributed by atoms with Gasteiger partial charge in [0.1, 0.15) is 0 Å². The summed E-state index contributed by atoms with van der Waals surface area (Å²) in [6, 6.07) is 19.4. The summed E-state index contributed by atoms with van der Waals surface area (Å²) >= 11 is 6.19. The molecule has 0 unspecified atom stereocenters. The zero-order valence-corrected chi connectivity index (χ0v) is 20.3. The first kappa shape index (κ1) is 25.0. The number of nitrogens with one attached hydrogen (secondary N) is 2. The first-order valence-corrected chi connectivity index (χ1v) is 12.0. The van der Waals surface area contributed by atoms with Crippen LogP contribution in [-0.4, -0.2) is 22.5 Å². The first-order chi connectivity index (χ1) is 15.7. The lowest BCUT2D eigenvalue weighted by Gasteiger charge is -2.20. The van der Waals surface area contributed by atoms with Crippen LogP contribution in [0.4, 0.5) is 24.5 Å². The van der Waals surface area contributed by atoms with E-state index in [4.69, 9.17) is 0 Å². The van der Waals surface area contributed by atoms with Gasteiger partial charge in [-0.15, -0.1) is 0 Å². The van der Waals surface area contributed by atoms with Gasteiger partial charge in [-0.3, -0.25) is 9.59 Å². The van der Waals surface area contributed by atoms with Gasteiger partial charge >= 0.3 is 6.18 Å². The van der Waals surface area contributed by atoms with E-state index in [0.717, 1.165) is 23.3 Å². The van der Waals surface area contributed by atoms with Crippen molar-refractivity contribution in [2.24, 2.45) is 0 Å². The lowest BCUT2D eigenvalue weighted by Crippen LogP contribution is -2.13. The first-order valence-electron chi connectivity index (χ1n) is 9.80. The summed E-state index contributed by atoms with van der Waals surface area (Å²) in [5.41, 5.74) is 2.86. The number of alkyl halides is 5. The molecule has 0 spiro atoms. The number of carbonyl (C=O) groups excluding carboxylic acids is 2. The van der Waals surface area contributed by atoms with Crippen LogP contribution in [0.15, 0.2) is 72.8 Å². The SMILES string of the molecule is O=C(CBr)Nc1ccc(C(c2ccc(NC(=O)CBr)cc2)c2ccc(C(F)(F)F)cc2)cc1. The highest BCUT2D eigenvalue weighted by atomic mass is 79.9. The van der Waals surface area contributed by atoms with Gasteiger partial charge in [-0.2, -0.15) is 13.2 Å². The normalized spacial score (nSPS) is 11.3. The van der Waals surface area contributed by atoms with Crippen LogP contribution < -0.4 is 10.6 Å². The Hall–Kier alpha value is -2.65. The van der Waals surface area contributed by atoms with Crippen molar-refractivity contribution in [1.82, 2.24) is 0 Å². The zero-order valence-electron chi connectivity index (χ0n) is 17.1.